The summed E-state index contributed by atoms with van der Waals surface area (Å²) in [7, 11) is 0. The Morgan fingerprint density at radius 2 is 1.85 bits per heavy atom. The van der Waals surface area contributed by atoms with Crippen molar-refractivity contribution < 1.29 is 9.47 Å². The normalized spacial score (nSPS) is 19.0. The fourth-order valence-corrected chi connectivity index (χ4v) is 3.99. The van der Waals surface area contributed by atoms with Crippen LogP contribution >= 0.6 is 0 Å². The van der Waals surface area contributed by atoms with Gasteiger partial charge < -0.3 is 14.4 Å². The highest BCUT2D eigenvalue weighted by Gasteiger charge is 2.31. The van der Waals surface area contributed by atoms with E-state index in [0.29, 0.717) is 12.5 Å². The van der Waals surface area contributed by atoms with Crippen LogP contribution in [0.25, 0.3) is 0 Å². The van der Waals surface area contributed by atoms with Crippen LogP contribution in [0.2, 0.25) is 0 Å². The van der Waals surface area contributed by atoms with Gasteiger partial charge in [-0.1, -0.05) is 26.8 Å². The number of aromatic nitrogens is 4. The molecule has 0 aliphatic carbocycles. The predicted octanol–water partition coefficient (Wildman–Crippen LogP) is 1.78. The third kappa shape index (κ3) is 3.77. The molecule has 1 fully saturated rings. The van der Waals surface area contributed by atoms with Gasteiger partial charge in [-0.3, -0.25) is 4.90 Å². The first-order valence-electron chi connectivity index (χ1n) is 9.76. The zero-order chi connectivity index (χ0) is 18.8. The maximum Gasteiger partial charge on any atom is 0.231 e. The molecule has 27 heavy (non-hydrogen) atoms. The van der Waals surface area contributed by atoms with E-state index in [4.69, 9.17) is 9.47 Å². The Hall–Kier alpha value is -2.19. The van der Waals surface area contributed by atoms with Crippen LogP contribution < -0.4 is 9.47 Å². The molecule has 2 aliphatic rings. The zero-order valence-electron chi connectivity index (χ0n) is 16.3. The van der Waals surface area contributed by atoms with E-state index in [1.165, 1.54) is 0 Å². The van der Waals surface area contributed by atoms with E-state index in [2.05, 4.69) is 46.1 Å². The lowest BCUT2D eigenvalue weighted by Crippen LogP contribution is -2.48. The number of hydrogen-bond donors (Lipinski definition) is 0. The van der Waals surface area contributed by atoms with Crippen molar-refractivity contribution in [3.63, 3.8) is 0 Å². The molecular formula is C19H28N6O2. The third-order valence-electron chi connectivity index (χ3n) is 5.47. The molecule has 4 rings (SSSR count). The van der Waals surface area contributed by atoms with Gasteiger partial charge >= 0.3 is 0 Å². The van der Waals surface area contributed by atoms with Crippen LogP contribution in [-0.2, 0) is 6.54 Å². The van der Waals surface area contributed by atoms with Gasteiger partial charge in [-0.05, 0) is 40.6 Å². The Balaban J connectivity index is 1.54. The monoisotopic (exact) mass is 372 g/mol. The highest BCUT2D eigenvalue weighted by molar-refractivity contribution is 5.44. The summed E-state index contributed by atoms with van der Waals surface area (Å²) in [6.07, 6.45) is 0. The van der Waals surface area contributed by atoms with Crippen LogP contribution in [0.1, 0.15) is 38.2 Å². The maximum absolute atomic E-state index is 5.49. The molecule has 0 N–H and O–H groups in total. The Kier molecular flexibility index (Phi) is 5.27. The lowest BCUT2D eigenvalue weighted by Gasteiger charge is -2.39. The number of likely N-dealkylation sites (N-methyl/N-ethyl adjacent to an activating group) is 1. The first-order chi connectivity index (χ1) is 13.2. The molecule has 146 valence electrons. The van der Waals surface area contributed by atoms with Crippen molar-refractivity contribution in [2.75, 3.05) is 39.5 Å². The van der Waals surface area contributed by atoms with E-state index in [1.807, 2.05) is 22.9 Å². The molecule has 1 aromatic carbocycles. The van der Waals surface area contributed by atoms with Crippen molar-refractivity contribution in [2.24, 2.45) is 5.92 Å². The largest absolute Gasteiger partial charge is 0.454 e. The van der Waals surface area contributed by atoms with Gasteiger partial charge in [-0.15, -0.1) is 5.10 Å². The molecule has 0 unspecified atom stereocenters. The first kappa shape index (κ1) is 18.2. The van der Waals surface area contributed by atoms with E-state index < -0.39 is 0 Å². The number of nitrogens with zero attached hydrogens (tertiary/aromatic N) is 6. The van der Waals surface area contributed by atoms with Gasteiger partial charge in [0.15, 0.2) is 17.3 Å². The lowest BCUT2D eigenvalue weighted by atomic mass is 10.0. The summed E-state index contributed by atoms with van der Waals surface area (Å²) in [6.45, 7) is 13.0. The van der Waals surface area contributed by atoms with Gasteiger partial charge in [0.25, 0.3) is 0 Å². The SMILES string of the molecule is CCN1CCN([C@@H](c2nnnn2Cc2ccc3c(c2)OCO3)C(C)C)CC1. The number of tetrazole rings is 1. The standard InChI is InChI=1S/C19H28N6O2/c1-4-23-7-9-24(10-8-23)18(14(2)3)19-20-21-22-25(19)12-15-5-6-16-17(11-15)27-13-26-16/h5-6,11,14,18H,4,7-10,12-13H2,1-3H3/t18-/m1/s1. The van der Waals surface area contributed by atoms with Gasteiger partial charge in [0.2, 0.25) is 6.79 Å². The molecule has 1 saturated heterocycles. The van der Waals surface area contributed by atoms with Gasteiger partial charge in [0, 0.05) is 26.2 Å². The number of piperazine rings is 1. The van der Waals surface area contributed by atoms with Gasteiger partial charge in [-0.2, -0.15) is 0 Å². The molecule has 0 bridgehead atoms. The van der Waals surface area contributed by atoms with Crippen molar-refractivity contribution in [3.8, 4) is 11.5 Å². The number of ether oxygens (including phenoxy) is 2. The molecule has 0 amide bonds. The Bertz CT molecular complexity index is 769. The highest BCUT2D eigenvalue weighted by Crippen LogP contribution is 2.33. The van der Waals surface area contributed by atoms with E-state index in [-0.39, 0.29) is 12.8 Å². The fourth-order valence-electron chi connectivity index (χ4n) is 3.99. The first-order valence-corrected chi connectivity index (χ1v) is 9.76. The minimum atomic E-state index is 0.216. The van der Waals surface area contributed by atoms with Crippen LogP contribution in [0.5, 0.6) is 11.5 Å². The summed E-state index contributed by atoms with van der Waals surface area (Å²) in [5, 5.41) is 12.7. The van der Waals surface area contributed by atoms with Crippen molar-refractivity contribution >= 4 is 0 Å². The summed E-state index contributed by atoms with van der Waals surface area (Å²) in [5.41, 5.74) is 1.10. The minimum Gasteiger partial charge on any atom is -0.454 e. The summed E-state index contributed by atoms with van der Waals surface area (Å²) >= 11 is 0. The average molecular weight is 372 g/mol. The Labute approximate surface area is 160 Å². The molecule has 0 saturated carbocycles. The van der Waals surface area contributed by atoms with Crippen LogP contribution in [0.15, 0.2) is 18.2 Å². The van der Waals surface area contributed by atoms with Gasteiger partial charge in [0.1, 0.15) is 0 Å². The minimum absolute atomic E-state index is 0.216. The lowest BCUT2D eigenvalue weighted by molar-refractivity contribution is 0.0722. The number of hydrogen-bond acceptors (Lipinski definition) is 7. The average Bonchev–Trinajstić information content (AvgIpc) is 3.32. The van der Waals surface area contributed by atoms with E-state index in [9.17, 15) is 0 Å². The van der Waals surface area contributed by atoms with E-state index in [1.54, 1.807) is 0 Å². The van der Waals surface area contributed by atoms with E-state index >= 15 is 0 Å². The smallest absolute Gasteiger partial charge is 0.231 e. The molecule has 0 spiro atoms. The molecule has 1 atom stereocenters. The molecular weight excluding hydrogens is 344 g/mol. The number of fused-ring (bicyclic) bond motifs is 1. The molecule has 8 nitrogen and oxygen atoms in total. The van der Waals surface area contributed by atoms with Crippen LogP contribution in [0, 0.1) is 5.92 Å². The maximum atomic E-state index is 5.49. The summed E-state index contributed by atoms with van der Waals surface area (Å²) in [6, 6.07) is 6.22. The Morgan fingerprint density at radius 3 is 2.59 bits per heavy atom. The third-order valence-corrected chi connectivity index (χ3v) is 5.47. The molecule has 2 aromatic rings. The molecule has 1 aromatic heterocycles. The van der Waals surface area contributed by atoms with Gasteiger partial charge in [-0.25, -0.2) is 4.68 Å². The fraction of sp³-hybridized carbons (Fsp3) is 0.632. The summed E-state index contributed by atoms with van der Waals surface area (Å²) in [4.78, 5) is 5.02. The quantitative estimate of drug-likeness (QED) is 0.766. The number of benzene rings is 1. The Morgan fingerprint density at radius 1 is 1.07 bits per heavy atom. The van der Waals surface area contributed by atoms with Crippen LogP contribution in [-0.4, -0.2) is 69.5 Å². The van der Waals surface area contributed by atoms with Crippen molar-refractivity contribution in [1.29, 1.82) is 0 Å². The number of rotatable bonds is 6. The summed E-state index contributed by atoms with van der Waals surface area (Å²) in [5.74, 6) is 2.95. The zero-order valence-corrected chi connectivity index (χ0v) is 16.3. The molecule has 3 heterocycles. The summed E-state index contributed by atoms with van der Waals surface area (Å²) < 4.78 is 12.8. The molecule has 2 aliphatic heterocycles. The topological polar surface area (TPSA) is 68.5 Å². The highest BCUT2D eigenvalue weighted by atomic mass is 16.7. The van der Waals surface area contributed by atoms with Crippen molar-refractivity contribution in [3.05, 3.63) is 29.6 Å². The van der Waals surface area contributed by atoms with Crippen molar-refractivity contribution in [1.82, 2.24) is 30.0 Å². The van der Waals surface area contributed by atoms with Gasteiger partial charge in [0.05, 0.1) is 12.6 Å². The molecule has 0 radical (unpaired) electrons. The predicted molar refractivity (Wildman–Crippen MR) is 101 cm³/mol. The molecule has 8 heteroatoms. The second kappa shape index (κ2) is 7.82. The van der Waals surface area contributed by atoms with Crippen LogP contribution in [0.4, 0.5) is 0 Å². The second-order valence-corrected chi connectivity index (χ2v) is 7.54. The van der Waals surface area contributed by atoms with Crippen LogP contribution in [0.3, 0.4) is 0 Å². The van der Waals surface area contributed by atoms with Crippen molar-refractivity contribution in [2.45, 2.75) is 33.4 Å². The second-order valence-electron chi connectivity index (χ2n) is 7.54. The van der Waals surface area contributed by atoms with E-state index in [0.717, 1.165) is 55.6 Å².